The number of aliphatic imine (C=N–C) groups is 1. The van der Waals surface area contributed by atoms with Crippen LogP contribution in [-0.2, 0) is 21.6 Å². The highest BCUT2D eigenvalue weighted by atomic mass is 16.6. The van der Waals surface area contributed by atoms with Crippen LogP contribution in [0.3, 0.4) is 0 Å². The van der Waals surface area contributed by atoms with Crippen molar-refractivity contribution >= 4 is 17.9 Å². The lowest BCUT2D eigenvalue weighted by Gasteiger charge is -2.18. The molecule has 1 aliphatic heterocycles. The number of hydrogen-bond acceptors (Lipinski definition) is 5. The summed E-state index contributed by atoms with van der Waals surface area (Å²) in [4.78, 5) is 16.9. The van der Waals surface area contributed by atoms with E-state index in [9.17, 15) is 4.79 Å². The normalized spacial score (nSPS) is 14.6. The Hall–Kier alpha value is -3.86. The summed E-state index contributed by atoms with van der Waals surface area (Å²) < 4.78 is 17.2. The third-order valence-electron chi connectivity index (χ3n) is 5.70. The molecule has 0 unspecified atom stereocenters. The third-order valence-corrected chi connectivity index (χ3v) is 5.70. The first-order valence-electron chi connectivity index (χ1n) is 11.8. The minimum atomic E-state index is -0.474. The first-order valence-corrected chi connectivity index (χ1v) is 11.8. The molecule has 3 aromatic carbocycles. The van der Waals surface area contributed by atoms with Crippen molar-refractivity contribution < 1.29 is 19.0 Å². The molecule has 0 bridgehead atoms. The maximum atomic E-state index is 12.5. The molecule has 180 valence electrons. The zero-order valence-corrected chi connectivity index (χ0v) is 20.9. The zero-order chi connectivity index (χ0) is 25.0. The maximum Gasteiger partial charge on any atom is 0.363 e. The molecule has 0 saturated heterocycles. The molecule has 0 aromatic heterocycles. The predicted molar refractivity (Wildman–Crippen MR) is 139 cm³/mol. The zero-order valence-electron chi connectivity index (χ0n) is 20.9. The predicted octanol–water partition coefficient (Wildman–Crippen LogP) is 6.61. The second-order valence-corrected chi connectivity index (χ2v) is 9.58. The number of hydrogen-bond donors (Lipinski definition) is 0. The first kappa shape index (κ1) is 24.3. The number of carbonyl (C=O) groups is 1. The number of ether oxygens (including phenoxy) is 3. The fraction of sp³-hybridized carbons (Fsp3) is 0.267. The molecule has 0 atom stereocenters. The van der Waals surface area contributed by atoms with E-state index in [0.717, 1.165) is 16.7 Å². The summed E-state index contributed by atoms with van der Waals surface area (Å²) >= 11 is 0. The number of esters is 1. The lowest BCUT2D eigenvalue weighted by atomic mass is 9.87. The highest BCUT2D eigenvalue weighted by Crippen LogP contribution is 2.31. The van der Waals surface area contributed by atoms with Crippen LogP contribution in [0, 0.1) is 6.92 Å². The molecule has 0 fully saturated rings. The Labute approximate surface area is 207 Å². The molecule has 0 aliphatic carbocycles. The van der Waals surface area contributed by atoms with Crippen LogP contribution in [0.2, 0.25) is 0 Å². The van der Waals surface area contributed by atoms with Crippen LogP contribution in [-0.4, -0.2) is 18.5 Å². The monoisotopic (exact) mass is 469 g/mol. The smallest absolute Gasteiger partial charge is 0.363 e. The highest BCUT2D eigenvalue weighted by molar-refractivity contribution is 6.12. The van der Waals surface area contributed by atoms with E-state index in [1.165, 1.54) is 11.1 Å². The topological polar surface area (TPSA) is 57.1 Å². The Kier molecular flexibility index (Phi) is 7.06. The molecular formula is C30H31NO4. The highest BCUT2D eigenvalue weighted by Gasteiger charge is 2.25. The Morgan fingerprint density at radius 2 is 1.63 bits per heavy atom. The average molecular weight is 470 g/mol. The Morgan fingerprint density at radius 1 is 0.914 bits per heavy atom. The maximum absolute atomic E-state index is 12.5. The van der Waals surface area contributed by atoms with Gasteiger partial charge in [0.05, 0.1) is 6.61 Å². The van der Waals surface area contributed by atoms with Gasteiger partial charge >= 0.3 is 5.97 Å². The van der Waals surface area contributed by atoms with Crippen LogP contribution in [0.15, 0.2) is 77.4 Å². The van der Waals surface area contributed by atoms with Gasteiger partial charge < -0.3 is 14.2 Å². The second-order valence-electron chi connectivity index (χ2n) is 9.58. The number of aryl methyl sites for hydroxylation is 1. The van der Waals surface area contributed by atoms with Crippen molar-refractivity contribution in [3.63, 3.8) is 0 Å². The van der Waals surface area contributed by atoms with Crippen LogP contribution < -0.4 is 9.47 Å². The van der Waals surface area contributed by atoms with Crippen molar-refractivity contribution in [3.05, 3.63) is 100 Å². The minimum absolute atomic E-state index is 0.0477. The summed E-state index contributed by atoms with van der Waals surface area (Å²) in [5, 5.41) is 0. The summed E-state index contributed by atoms with van der Waals surface area (Å²) in [7, 11) is 0. The van der Waals surface area contributed by atoms with Gasteiger partial charge in [0.25, 0.3) is 0 Å². The van der Waals surface area contributed by atoms with Crippen LogP contribution >= 0.6 is 0 Å². The Morgan fingerprint density at radius 3 is 2.29 bits per heavy atom. The van der Waals surface area contributed by atoms with E-state index < -0.39 is 5.97 Å². The quantitative estimate of drug-likeness (QED) is 0.288. The van der Waals surface area contributed by atoms with E-state index in [4.69, 9.17) is 14.2 Å². The summed E-state index contributed by atoms with van der Waals surface area (Å²) in [5.74, 6) is 1.09. The molecule has 35 heavy (non-hydrogen) atoms. The molecule has 0 N–H and O–H groups in total. The van der Waals surface area contributed by atoms with Gasteiger partial charge in [-0.25, -0.2) is 9.79 Å². The number of nitrogens with zero attached hydrogens (tertiary/aromatic N) is 1. The lowest BCUT2D eigenvalue weighted by molar-refractivity contribution is -0.129. The van der Waals surface area contributed by atoms with Gasteiger partial charge in [0, 0.05) is 5.56 Å². The molecule has 3 aromatic rings. The SMILES string of the molecule is CCOc1cc(/C=C2\N=C(c3ccc(C(C)(C)C)cc3)OC2=O)ccc1OCc1ccc(C)cc1. The summed E-state index contributed by atoms with van der Waals surface area (Å²) in [5.41, 5.74) is 5.33. The van der Waals surface area contributed by atoms with Gasteiger partial charge in [-0.2, -0.15) is 0 Å². The van der Waals surface area contributed by atoms with E-state index in [2.05, 4.69) is 44.8 Å². The minimum Gasteiger partial charge on any atom is -0.490 e. The van der Waals surface area contributed by atoms with E-state index in [0.29, 0.717) is 30.6 Å². The van der Waals surface area contributed by atoms with Gasteiger partial charge in [0.2, 0.25) is 5.90 Å². The molecule has 0 saturated carbocycles. The molecule has 0 amide bonds. The van der Waals surface area contributed by atoms with Gasteiger partial charge in [-0.05, 0) is 66.3 Å². The van der Waals surface area contributed by atoms with E-state index >= 15 is 0 Å². The fourth-order valence-electron chi connectivity index (χ4n) is 3.65. The third kappa shape index (κ3) is 5.99. The van der Waals surface area contributed by atoms with Crippen LogP contribution in [0.5, 0.6) is 11.5 Å². The Balaban J connectivity index is 1.53. The number of cyclic esters (lactones) is 1. The number of carbonyl (C=O) groups excluding carboxylic acids is 1. The van der Waals surface area contributed by atoms with E-state index in [1.54, 1.807) is 6.08 Å². The van der Waals surface area contributed by atoms with Crippen molar-refractivity contribution in [3.8, 4) is 11.5 Å². The molecule has 1 aliphatic rings. The van der Waals surface area contributed by atoms with Gasteiger partial charge in [-0.15, -0.1) is 0 Å². The number of benzene rings is 3. The van der Waals surface area contributed by atoms with Crippen LogP contribution in [0.25, 0.3) is 6.08 Å². The van der Waals surface area contributed by atoms with Gasteiger partial charge in [-0.1, -0.05) is 68.8 Å². The van der Waals surface area contributed by atoms with E-state index in [-0.39, 0.29) is 11.1 Å². The average Bonchev–Trinajstić information content (AvgIpc) is 3.19. The molecule has 4 rings (SSSR count). The van der Waals surface area contributed by atoms with Gasteiger partial charge in [0.15, 0.2) is 17.2 Å². The van der Waals surface area contributed by atoms with Crippen molar-refractivity contribution in [1.29, 1.82) is 0 Å². The molecule has 0 radical (unpaired) electrons. The Bertz CT molecular complexity index is 1260. The van der Waals surface area contributed by atoms with Gasteiger partial charge in [0.1, 0.15) is 6.61 Å². The fourth-order valence-corrected chi connectivity index (χ4v) is 3.65. The van der Waals surface area contributed by atoms with Crippen molar-refractivity contribution in [2.75, 3.05) is 6.61 Å². The van der Waals surface area contributed by atoms with Crippen molar-refractivity contribution in [2.45, 2.75) is 46.6 Å². The van der Waals surface area contributed by atoms with Crippen LogP contribution in [0.4, 0.5) is 0 Å². The largest absolute Gasteiger partial charge is 0.490 e. The molecule has 5 heteroatoms. The second kappa shape index (κ2) is 10.2. The molecule has 0 spiro atoms. The van der Waals surface area contributed by atoms with Crippen molar-refractivity contribution in [2.24, 2.45) is 4.99 Å². The molecular weight excluding hydrogens is 438 g/mol. The summed E-state index contributed by atoms with van der Waals surface area (Å²) in [6.07, 6.45) is 1.70. The van der Waals surface area contributed by atoms with Crippen molar-refractivity contribution in [1.82, 2.24) is 0 Å². The molecule has 5 nitrogen and oxygen atoms in total. The lowest BCUT2D eigenvalue weighted by Crippen LogP contribution is -2.11. The number of rotatable bonds is 7. The van der Waals surface area contributed by atoms with Crippen LogP contribution in [0.1, 0.15) is 55.5 Å². The summed E-state index contributed by atoms with van der Waals surface area (Å²) in [6.45, 7) is 11.4. The standard InChI is InChI=1S/C30H31NO4/c1-6-33-27-18-22(11-16-26(27)34-19-21-9-7-20(2)8-10-21)17-25-29(32)35-28(31-25)23-12-14-24(15-13-23)30(3,4)5/h7-18H,6,19H2,1-5H3/b25-17-. The first-order chi connectivity index (χ1) is 16.7. The molecule has 1 heterocycles. The summed E-state index contributed by atoms with van der Waals surface area (Å²) in [6, 6.07) is 21.7. The van der Waals surface area contributed by atoms with E-state index in [1.807, 2.05) is 61.5 Å². The van der Waals surface area contributed by atoms with Gasteiger partial charge in [-0.3, -0.25) is 0 Å².